The van der Waals surface area contributed by atoms with Gasteiger partial charge in [0.2, 0.25) is 5.76 Å². The summed E-state index contributed by atoms with van der Waals surface area (Å²) in [6, 6.07) is 9.62. The highest BCUT2D eigenvalue weighted by Crippen LogP contribution is 2.14. The first-order valence-electron chi connectivity index (χ1n) is 16.1. The Bertz CT molecular complexity index is 923. The molecule has 1 aromatic carbocycles. The van der Waals surface area contributed by atoms with Crippen LogP contribution in [0.2, 0.25) is 0 Å². The smallest absolute Gasteiger partial charge is 0.373 e. The summed E-state index contributed by atoms with van der Waals surface area (Å²) >= 11 is 0. The Labute approximate surface area is 322 Å². The maximum absolute atomic E-state index is 12.2. The molecule has 53 heavy (non-hydrogen) atoms. The first-order chi connectivity index (χ1) is 24.8. The summed E-state index contributed by atoms with van der Waals surface area (Å²) in [6.07, 6.45) is 5.34. The van der Waals surface area contributed by atoms with Crippen LogP contribution in [0.15, 0.2) is 36.1 Å². The zero-order chi connectivity index (χ0) is 40.4. The van der Waals surface area contributed by atoms with Gasteiger partial charge in [-0.25, -0.2) is 9.59 Å². The van der Waals surface area contributed by atoms with Crippen LogP contribution >= 0.6 is 0 Å². The third-order valence-electron chi connectivity index (χ3n) is 5.16. The maximum Gasteiger partial charge on any atom is 0.373 e. The average Bonchev–Trinajstić information content (AvgIpc) is 3.16. The molecule has 0 bridgehead atoms. The second kappa shape index (κ2) is 47.8. The number of methoxy groups -OCH3 is 1. The molecular weight excluding hydrogens is 795 g/mol. The predicted molar refractivity (Wildman–Crippen MR) is 206 cm³/mol. The number of aliphatic carboxylic acids is 2. The number of aliphatic hydroxyl groups excluding tert-OH is 7. The van der Waals surface area contributed by atoms with Crippen molar-refractivity contribution >= 4 is 74.0 Å². The van der Waals surface area contributed by atoms with Gasteiger partial charge in [-0.1, -0.05) is 57.0 Å². The van der Waals surface area contributed by atoms with E-state index in [4.69, 9.17) is 85.6 Å². The number of ether oxygens (including phenoxy) is 2. The first-order valence-corrected chi connectivity index (χ1v) is 21.8. The highest BCUT2D eigenvalue weighted by molar-refractivity contribution is 6.50. The van der Waals surface area contributed by atoms with Crippen molar-refractivity contribution in [2.75, 3.05) is 40.1 Å². The van der Waals surface area contributed by atoms with Crippen LogP contribution < -0.4 is 11.3 Å². The van der Waals surface area contributed by atoms with Gasteiger partial charge < -0.3 is 87.0 Å². The summed E-state index contributed by atoms with van der Waals surface area (Å²) in [4.78, 5) is 30.3. The van der Waals surface area contributed by atoms with Gasteiger partial charge in [-0.2, -0.15) is 0 Å². The van der Waals surface area contributed by atoms with Gasteiger partial charge in [0.1, 0.15) is 18.8 Å². The highest BCUT2D eigenvalue weighted by Gasteiger charge is 2.17. The Morgan fingerprint density at radius 3 is 1.49 bits per heavy atom. The van der Waals surface area contributed by atoms with Crippen LogP contribution in [0, 0.1) is 0 Å². The predicted octanol–water partition coefficient (Wildman–Crippen LogP) is -5.49. The fraction of sp³-hybridized carbons (Fsp3) is 0.607. The van der Waals surface area contributed by atoms with E-state index in [1.807, 2.05) is 37.3 Å². The zero-order valence-electron chi connectivity index (χ0n) is 31.4. The van der Waals surface area contributed by atoms with Crippen molar-refractivity contribution in [3.05, 3.63) is 41.7 Å². The Balaban J connectivity index is -0.000000199. The second-order valence-corrected chi connectivity index (χ2v) is 19.1. The van der Waals surface area contributed by atoms with E-state index in [0.717, 1.165) is 24.8 Å². The molecule has 2 unspecified atom stereocenters. The Hall–Kier alpha value is -2.27. The van der Waals surface area contributed by atoms with Gasteiger partial charge in [0.15, 0.2) is 0 Å². The Morgan fingerprint density at radius 1 is 0.811 bits per heavy atom. The molecule has 0 aromatic heterocycles. The van der Waals surface area contributed by atoms with Gasteiger partial charge in [-0.3, -0.25) is 0 Å². The molecule has 20 nitrogen and oxygen atoms in total. The summed E-state index contributed by atoms with van der Waals surface area (Å²) in [7, 11) is -2.12. The van der Waals surface area contributed by atoms with Crippen LogP contribution in [-0.4, -0.2) is 167 Å². The number of aliphatic hydroxyl groups is 7. The average molecular weight is 858 g/mol. The van der Waals surface area contributed by atoms with E-state index in [0.29, 0.717) is 0 Å². The molecule has 2 rings (SSSR count). The molecular formula is C28H63NO19Si5. The lowest BCUT2D eigenvalue weighted by atomic mass is 10.1. The van der Waals surface area contributed by atoms with Crippen molar-refractivity contribution in [2.45, 2.75) is 71.2 Å². The summed E-state index contributed by atoms with van der Waals surface area (Å²) in [5.74, 6) is -2.77. The molecule has 0 saturated carbocycles. The lowest BCUT2D eigenvalue weighted by molar-refractivity contribution is -0.308. The topological polar surface area (TPSA) is 337 Å². The molecule has 0 amide bonds. The summed E-state index contributed by atoms with van der Waals surface area (Å²) in [6.45, 7) is 3.20. The van der Waals surface area contributed by atoms with Gasteiger partial charge in [0.25, 0.3) is 50.0 Å². The number of unbranched alkanes of at least 4 members (excludes halogenated alkanes) is 2. The lowest BCUT2D eigenvalue weighted by Crippen LogP contribution is -2.25. The van der Waals surface area contributed by atoms with Crippen molar-refractivity contribution in [2.24, 2.45) is 0 Å². The van der Waals surface area contributed by atoms with Crippen LogP contribution in [0.3, 0.4) is 0 Å². The van der Waals surface area contributed by atoms with E-state index in [-0.39, 0.29) is 43.8 Å². The standard InChI is InChI=1S/C18H26O3.C3H8O3.C3H8O2.2C2H4O3.H3N.H10O5Si5/c1-4-6-8-13-16(5-2)21-18(19)17(20-3)14-15-11-9-7-10-12-15;4-1-3(6)2-5;1-3(5)2-4;2*3-1-2(4)5;;1-6-2-8-4-10-5-9-3-7-1/h7,9-12,14,16H,4-6,8,13H2,1-3H3;3-6H,1-2H2;3-5H,2H2,1H3;2*3H,1H2,(H,4,5);1H3;6-10H2. The third-order valence-corrected chi connectivity index (χ3v) is 11.8. The van der Waals surface area contributed by atoms with Crippen molar-refractivity contribution < 1.29 is 90.4 Å². The Kier molecular flexibility index (Phi) is 54.1. The van der Waals surface area contributed by atoms with Crippen LogP contribution in [0.1, 0.15) is 58.4 Å². The number of hydrogen-bond donors (Lipinski definition) is 9. The number of carboxylic acids is 2. The largest absolute Gasteiger partial charge is 0.548 e. The molecule has 1 aromatic rings. The fourth-order valence-electron chi connectivity index (χ4n) is 2.60. The van der Waals surface area contributed by atoms with E-state index >= 15 is 0 Å². The SMILES string of the molecule is CC(O)CO.CCCCCC(CC)OC(=O)C(=Cc1ccccc1)OC.O1[SiH2]O[SiH2]O[SiH2]O[SiH2]O[SiH2]1.O=C(O)CO.O=C([O-])CO.OCC(O)CO.[NH4+]. The van der Waals surface area contributed by atoms with Crippen molar-refractivity contribution in [1.82, 2.24) is 6.15 Å². The van der Waals surface area contributed by atoms with Gasteiger partial charge >= 0.3 is 11.9 Å². The molecule has 1 heterocycles. The highest BCUT2D eigenvalue weighted by atomic mass is 28.4. The first kappa shape index (κ1) is 60.0. The van der Waals surface area contributed by atoms with Gasteiger partial charge in [-0.05, 0) is 37.8 Å². The summed E-state index contributed by atoms with van der Waals surface area (Å²) in [5.41, 5.74) is 0.922. The fourth-order valence-corrected chi connectivity index (χ4v) is 11.6. The number of carbonyl (C=O) groups is 3. The van der Waals surface area contributed by atoms with E-state index < -0.39 is 87.4 Å². The number of esters is 1. The van der Waals surface area contributed by atoms with Crippen molar-refractivity contribution in [3.8, 4) is 0 Å². The molecule has 1 saturated heterocycles. The van der Waals surface area contributed by atoms with Crippen LogP contribution in [0.25, 0.3) is 6.08 Å². The molecule has 2 atom stereocenters. The quantitative estimate of drug-likeness (QED) is 0.0277. The number of carboxylic acid groups (broad SMARTS) is 2. The molecule has 1 aliphatic rings. The number of carbonyl (C=O) groups excluding carboxylic acids is 2. The molecule has 12 N–H and O–H groups in total. The number of hydrogen-bond acceptors (Lipinski definition) is 18. The minimum absolute atomic E-state index is 0. The molecule has 314 valence electrons. The maximum atomic E-state index is 12.2. The monoisotopic (exact) mass is 857 g/mol. The minimum Gasteiger partial charge on any atom is -0.548 e. The van der Waals surface area contributed by atoms with E-state index in [2.05, 4.69) is 6.92 Å². The zero-order valence-corrected chi connectivity index (χ0v) is 38.4. The van der Waals surface area contributed by atoms with E-state index in [1.54, 1.807) is 6.08 Å². The van der Waals surface area contributed by atoms with Crippen LogP contribution in [0.4, 0.5) is 0 Å². The summed E-state index contributed by atoms with van der Waals surface area (Å²) in [5, 5.41) is 71.5. The van der Waals surface area contributed by atoms with Gasteiger partial charge in [0.05, 0.1) is 45.6 Å². The molecule has 0 radical (unpaired) electrons. The van der Waals surface area contributed by atoms with Gasteiger partial charge in [0, 0.05) is 0 Å². The van der Waals surface area contributed by atoms with Crippen molar-refractivity contribution in [1.29, 1.82) is 0 Å². The Morgan fingerprint density at radius 2 is 1.23 bits per heavy atom. The molecule has 25 heteroatoms. The number of rotatable bonds is 14. The molecule has 1 aliphatic heterocycles. The van der Waals surface area contributed by atoms with Crippen molar-refractivity contribution in [3.63, 3.8) is 0 Å². The summed E-state index contributed by atoms with van der Waals surface area (Å²) < 4.78 is 36.6. The normalized spacial score (nSPS) is 15.8. The molecule has 0 spiro atoms. The third kappa shape index (κ3) is 51.9. The van der Waals surface area contributed by atoms with Crippen LogP contribution in [0.5, 0.6) is 0 Å². The van der Waals surface area contributed by atoms with Gasteiger partial charge in [-0.15, -0.1) is 0 Å². The van der Waals surface area contributed by atoms with E-state index in [9.17, 15) is 4.79 Å². The minimum atomic E-state index is -1.44. The number of benzene rings is 1. The number of quaternary nitrogens is 1. The van der Waals surface area contributed by atoms with E-state index in [1.165, 1.54) is 26.9 Å². The second-order valence-electron chi connectivity index (χ2n) is 9.80. The lowest BCUT2D eigenvalue weighted by Gasteiger charge is -2.16. The van der Waals surface area contributed by atoms with Crippen LogP contribution in [-0.2, 0) is 44.4 Å². The molecule has 1 fully saturated rings. The molecule has 0 aliphatic carbocycles.